The lowest BCUT2D eigenvalue weighted by Gasteiger charge is -2.15. The third-order valence-electron chi connectivity index (χ3n) is 6.07. The Morgan fingerprint density at radius 1 is 1.12 bits per heavy atom. The van der Waals surface area contributed by atoms with E-state index in [0.717, 1.165) is 11.1 Å². The van der Waals surface area contributed by atoms with Crippen LogP contribution < -0.4 is 20.1 Å². The quantitative estimate of drug-likeness (QED) is 0.207. The number of hydrogen-bond donors (Lipinski definition) is 3. The van der Waals surface area contributed by atoms with Crippen LogP contribution in [-0.4, -0.2) is 70.0 Å². The molecule has 222 valence electrons. The second-order valence-electron chi connectivity index (χ2n) is 9.42. The van der Waals surface area contributed by atoms with Crippen molar-refractivity contribution in [2.24, 2.45) is 0 Å². The van der Waals surface area contributed by atoms with E-state index >= 15 is 0 Å². The van der Waals surface area contributed by atoms with Crippen LogP contribution in [0.2, 0.25) is 0 Å². The molecule has 0 spiro atoms. The second-order valence-corrected chi connectivity index (χ2v) is 10.5. The SMILES string of the molecule is COc1cnc2c(-c3nc4cc(F)c(OC[C@@H](C)OC(=O)Nc5ccnc(C(=O)NCCO)c5)cc4s3)cc(C)cc2n1. The van der Waals surface area contributed by atoms with Crippen LogP contribution in [0, 0.1) is 12.7 Å². The number of rotatable bonds is 10. The van der Waals surface area contributed by atoms with Gasteiger partial charge in [0, 0.05) is 36.1 Å². The predicted molar refractivity (Wildman–Crippen MR) is 158 cm³/mol. The summed E-state index contributed by atoms with van der Waals surface area (Å²) in [5.74, 6) is -0.714. The summed E-state index contributed by atoms with van der Waals surface area (Å²) in [6, 6.07) is 9.58. The van der Waals surface area contributed by atoms with Crippen LogP contribution in [0.25, 0.3) is 31.8 Å². The van der Waals surface area contributed by atoms with Crippen molar-refractivity contribution in [3.8, 4) is 22.2 Å². The molecule has 5 aromatic rings. The first-order chi connectivity index (χ1) is 20.7. The van der Waals surface area contributed by atoms with E-state index in [9.17, 15) is 14.0 Å². The van der Waals surface area contributed by atoms with Gasteiger partial charge in [0.15, 0.2) is 11.6 Å². The average molecular weight is 607 g/mol. The normalized spacial score (nSPS) is 11.7. The molecule has 43 heavy (non-hydrogen) atoms. The molecule has 0 aliphatic rings. The number of aromatic nitrogens is 4. The van der Waals surface area contributed by atoms with Crippen molar-refractivity contribution in [1.29, 1.82) is 0 Å². The minimum absolute atomic E-state index is 0.00939. The minimum atomic E-state index is -0.793. The Hall–Kier alpha value is -4.95. The number of thiazole rings is 1. The van der Waals surface area contributed by atoms with Gasteiger partial charge in [-0.3, -0.25) is 15.1 Å². The number of benzene rings is 2. The molecule has 3 heterocycles. The van der Waals surface area contributed by atoms with E-state index in [1.165, 1.54) is 49.0 Å². The molecule has 0 bridgehead atoms. The zero-order valence-corrected chi connectivity index (χ0v) is 24.2. The van der Waals surface area contributed by atoms with Crippen LogP contribution in [0.3, 0.4) is 0 Å². The summed E-state index contributed by atoms with van der Waals surface area (Å²) < 4.78 is 31.8. The van der Waals surface area contributed by atoms with E-state index in [0.29, 0.717) is 32.1 Å². The highest BCUT2D eigenvalue weighted by Crippen LogP contribution is 2.37. The third-order valence-corrected chi connectivity index (χ3v) is 7.12. The van der Waals surface area contributed by atoms with Gasteiger partial charge < -0.3 is 24.6 Å². The molecule has 0 fully saturated rings. The van der Waals surface area contributed by atoms with Gasteiger partial charge in [-0.1, -0.05) is 0 Å². The lowest BCUT2D eigenvalue weighted by Crippen LogP contribution is -2.27. The van der Waals surface area contributed by atoms with Crippen LogP contribution in [0.5, 0.6) is 11.6 Å². The summed E-state index contributed by atoms with van der Waals surface area (Å²) in [6.07, 6.45) is 1.36. The largest absolute Gasteiger partial charge is 0.487 e. The number of nitrogens with zero attached hydrogens (tertiary/aromatic N) is 4. The van der Waals surface area contributed by atoms with E-state index in [-0.39, 0.29) is 36.9 Å². The molecule has 0 radical (unpaired) electrons. The number of ether oxygens (including phenoxy) is 3. The maximum absolute atomic E-state index is 14.9. The van der Waals surface area contributed by atoms with Crippen molar-refractivity contribution in [1.82, 2.24) is 25.3 Å². The number of nitrogens with one attached hydrogen (secondary N) is 2. The van der Waals surface area contributed by atoms with Gasteiger partial charge in [-0.2, -0.15) is 0 Å². The van der Waals surface area contributed by atoms with Crippen LogP contribution >= 0.6 is 11.3 Å². The first-order valence-corrected chi connectivity index (χ1v) is 13.9. The number of hydrogen-bond acceptors (Lipinski definition) is 11. The number of fused-ring (bicyclic) bond motifs is 2. The summed E-state index contributed by atoms with van der Waals surface area (Å²) in [4.78, 5) is 41.9. The van der Waals surface area contributed by atoms with Crippen molar-refractivity contribution < 1.29 is 33.3 Å². The molecule has 0 aliphatic heterocycles. The number of methoxy groups -OCH3 is 1. The van der Waals surface area contributed by atoms with E-state index in [2.05, 4.69) is 30.6 Å². The van der Waals surface area contributed by atoms with Gasteiger partial charge in [0.25, 0.3) is 5.91 Å². The second kappa shape index (κ2) is 12.9. The zero-order valence-electron chi connectivity index (χ0n) is 23.4. The van der Waals surface area contributed by atoms with Gasteiger partial charge in [0.2, 0.25) is 5.88 Å². The number of amides is 2. The molecule has 0 saturated carbocycles. The molecule has 14 heteroatoms. The van der Waals surface area contributed by atoms with Gasteiger partial charge in [-0.15, -0.1) is 11.3 Å². The molecule has 2 amide bonds. The number of carbonyl (C=O) groups excluding carboxylic acids is 2. The van der Waals surface area contributed by atoms with Gasteiger partial charge in [-0.05, 0) is 43.7 Å². The molecular weight excluding hydrogens is 579 g/mol. The van der Waals surface area contributed by atoms with Gasteiger partial charge in [0.1, 0.15) is 23.4 Å². The summed E-state index contributed by atoms with van der Waals surface area (Å²) >= 11 is 1.36. The number of aliphatic hydroxyl groups is 1. The molecule has 1 atom stereocenters. The van der Waals surface area contributed by atoms with Gasteiger partial charge in [0.05, 0.1) is 41.2 Å². The molecule has 3 aromatic heterocycles. The van der Waals surface area contributed by atoms with Crippen molar-refractivity contribution >= 4 is 50.3 Å². The number of carbonyl (C=O) groups is 2. The van der Waals surface area contributed by atoms with Crippen LogP contribution in [-0.2, 0) is 4.74 Å². The lowest BCUT2D eigenvalue weighted by atomic mass is 10.1. The molecular formula is C29H27FN6O6S. The Bertz CT molecular complexity index is 1820. The molecule has 5 rings (SSSR count). The lowest BCUT2D eigenvalue weighted by molar-refractivity contribution is 0.0843. The average Bonchev–Trinajstić information content (AvgIpc) is 3.40. The Morgan fingerprint density at radius 3 is 2.74 bits per heavy atom. The fourth-order valence-electron chi connectivity index (χ4n) is 4.13. The fraction of sp³-hybridized carbons (Fsp3) is 0.241. The van der Waals surface area contributed by atoms with E-state index in [4.69, 9.17) is 19.3 Å². The number of pyridine rings is 1. The highest BCUT2D eigenvalue weighted by molar-refractivity contribution is 7.21. The van der Waals surface area contributed by atoms with Crippen molar-refractivity contribution in [3.63, 3.8) is 0 Å². The molecule has 0 aliphatic carbocycles. The fourth-order valence-corrected chi connectivity index (χ4v) is 5.12. The van der Waals surface area contributed by atoms with Crippen LogP contribution in [0.1, 0.15) is 23.0 Å². The standard InChI is InChI=1S/C29H27FN6O6S/c1-15-8-18(26-21(9-15)35-25(40-3)13-33-26)28-36-20-11-19(30)23(12-24(20)43-28)41-14-16(2)42-29(39)34-17-4-5-31-22(10-17)27(38)32-6-7-37/h4-5,8-13,16,37H,6-7,14H2,1-3H3,(H,32,38)(H,31,34,39)/t16-/m1/s1. The monoisotopic (exact) mass is 606 g/mol. The first kappa shape index (κ1) is 29.5. The Kier molecular flexibility index (Phi) is 8.87. The molecule has 2 aromatic carbocycles. The Balaban J connectivity index is 1.25. The highest BCUT2D eigenvalue weighted by atomic mass is 32.1. The number of aliphatic hydroxyl groups excluding tert-OH is 1. The number of halogens is 1. The maximum Gasteiger partial charge on any atom is 0.412 e. The summed E-state index contributed by atoms with van der Waals surface area (Å²) in [6.45, 7) is 3.28. The van der Waals surface area contributed by atoms with E-state index in [1.54, 1.807) is 13.0 Å². The van der Waals surface area contributed by atoms with Crippen molar-refractivity contribution in [2.75, 3.05) is 32.2 Å². The molecule has 0 saturated heterocycles. The minimum Gasteiger partial charge on any atom is -0.487 e. The van der Waals surface area contributed by atoms with Gasteiger partial charge >= 0.3 is 6.09 Å². The summed E-state index contributed by atoms with van der Waals surface area (Å²) in [7, 11) is 1.53. The summed E-state index contributed by atoms with van der Waals surface area (Å²) in [5, 5.41) is 14.5. The van der Waals surface area contributed by atoms with Crippen molar-refractivity contribution in [3.05, 3.63) is 65.9 Å². The maximum atomic E-state index is 14.9. The number of anilines is 1. The van der Waals surface area contributed by atoms with Crippen molar-refractivity contribution in [2.45, 2.75) is 20.0 Å². The smallest absolute Gasteiger partial charge is 0.412 e. The summed E-state index contributed by atoms with van der Waals surface area (Å²) in [5.41, 5.74) is 3.86. The topological polar surface area (TPSA) is 158 Å². The number of aryl methyl sites for hydroxylation is 1. The van der Waals surface area contributed by atoms with Crippen LogP contribution in [0.4, 0.5) is 14.9 Å². The third kappa shape index (κ3) is 6.93. The van der Waals surface area contributed by atoms with Gasteiger partial charge in [-0.25, -0.2) is 24.1 Å². The molecule has 12 nitrogen and oxygen atoms in total. The highest BCUT2D eigenvalue weighted by Gasteiger charge is 2.18. The molecule has 0 unspecified atom stereocenters. The predicted octanol–water partition coefficient (Wildman–Crippen LogP) is 4.50. The first-order valence-electron chi connectivity index (χ1n) is 13.1. The Labute approximate surface area is 248 Å². The van der Waals surface area contributed by atoms with Crippen LogP contribution in [0.15, 0.2) is 48.8 Å². The molecule has 3 N–H and O–H groups in total. The zero-order chi connectivity index (χ0) is 30.5. The Morgan fingerprint density at radius 2 is 1.95 bits per heavy atom. The van der Waals surface area contributed by atoms with E-state index in [1.807, 2.05) is 19.1 Å². The van der Waals surface area contributed by atoms with E-state index < -0.39 is 23.9 Å².